The van der Waals surface area contributed by atoms with Crippen molar-refractivity contribution in [3.8, 4) is 0 Å². The Kier molecular flexibility index (Phi) is 3.34. The van der Waals surface area contributed by atoms with Gasteiger partial charge in [-0.25, -0.2) is 0 Å². The smallest absolute Gasteiger partial charge is 0.226 e. The molecule has 0 unspecified atom stereocenters. The van der Waals surface area contributed by atoms with Gasteiger partial charge in [0, 0.05) is 0 Å². The van der Waals surface area contributed by atoms with Crippen LogP contribution in [0.15, 0.2) is 53.1 Å². The highest BCUT2D eigenvalue weighted by Crippen LogP contribution is 2.65. The minimum Gasteiger partial charge on any atom is -0.467 e. The van der Waals surface area contributed by atoms with E-state index in [0.29, 0.717) is 18.4 Å². The third-order valence-electron chi connectivity index (χ3n) is 6.93. The second-order valence-corrected chi connectivity index (χ2v) is 8.65. The normalized spacial score (nSPS) is 35.7. The van der Waals surface area contributed by atoms with Gasteiger partial charge in [0.1, 0.15) is 5.76 Å². The first-order valence-electron chi connectivity index (χ1n) is 9.54. The maximum absolute atomic E-state index is 13.2. The summed E-state index contributed by atoms with van der Waals surface area (Å²) in [7, 11) is 0. The van der Waals surface area contributed by atoms with Crippen LogP contribution in [-0.4, -0.2) is 5.91 Å². The zero-order valence-electron chi connectivity index (χ0n) is 14.5. The zero-order chi connectivity index (χ0) is 16.9. The minimum atomic E-state index is -0.174. The van der Waals surface area contributed by atoms with E-state index in [-0.39, 0.29) is 16.7 Å². The van der Waals surface area contributed by atoms with E-state index in [1.165, 1.54) is 24.8 Å². The molecular weight excluding hydrogens is 310 g/mol. The average Bonchev–Trinajstić information content (AvgIpc) is 3.13. The second-order valence-electron chi connectivity index (χ2n) is 8.65. The highest BCUT2D eigenvalue weighted by molar-refractivity contribution is 5.83. The number of carbonyl (C=O) groups is 1. The van der Waals surface area contributed by atoms with Gasteiger partial charge in [-0.3, -0.25) is 4.79 Å². The molecule has 0 radical (unpaired) electrons. The second kappa shape index (κ2) is 5.48. The first kappa shape index (κ1) is 15.2. The quantitative estimate of drug-likeness (QED) is 0.898. The Morgan fingerprint density at radius 1 is 1.04 bits per heavy atom. The molecule has 1 N–H and O–H groups in total. The Hall–Kier alpha value is -2.03. The number of furan rings is 1. The van der Waals surface area contributed by atoms with Gasteiger partial charge >= 0.3 is 0 Å². The fourth-order valence-corrected chi connectivity index (χ4v) is 6.43. The Labute approximate surface area is 148 Å². The third kappa shape index (κ3) is 2.44. The van der Waals surface area contributed by atoms with Gasteiger partial charge in [0.05, 0.1) is 18.2 Å². The van der Waals surface area contributed by atoms with E-state index in [4.69, 9.17) is 4.42 Å². The van der Waals surface area contributed by atoms with E-state index in [2.05, 4.69) is 35.6 Å². The topological polar surface area (TPSA) is 42.2 Å². The van der Waals surface area contributed by atoms with Crippen LogP contribution in [0.25, 0.3) is 0 Å². The summed E-state index contributed by atoms with van der Waals surface area (Å²) in [5, 5.41) is 3.18. The third-order valence-corrected chi connectivity index (χ3v) is 6.93. The molecule has 4 fully saturated rings. The van der Waals surface area contributed by atoms with Crippen molar-refractivity contribution in [3.63, 3.8) is 0 Å². The van der Waals surface area contributed by atoms with E-state index in [9.17, 15) is 4.79 Å². The Bertz CT molecular complexity index is 751. The van der Waals surface area contributed by atoms with Gasteiger partial charge < -0.3 is 9.73 Å². The fourth-order valence-electron chi connectivity index (χ4n) is 6.43. The van der Waals surface area contributed by atoms with Crippen molar-refractivity contribution in [2.24, 2.45) is 17.3 Å². The van der Waals surface area contributed by atoms with Crippen LogP contribution in [0.2, 0.25) is 0 Å². The molecule has 0 aliphatic heterocycles. The van der Waals surface area contributed by atoms with Gasteiger partial charge in [-0.1, -0.05) is 30.3 Å². The molecule has 130 valence electrons. The molecule has 1 aromatic heterocycles. The summed E-state index contributed by atoms with van der Waals surface area (Å²) >= 11 is 0. The van der Waals surface area contributed by atoms with Crippen LogP contribution in [0, 0.1) is 17.3 Å². The van der Waals surface area contributed by atoms with Crippen molar-refractivity contribution in [1.29, 1.82) is 0 Å². The van der Waals surface area contributed by atoms with Crippen molar-refractivity contribution >= 4 is 5.91 Å². The molecule has 1 amide bonds. The maximum atomic E-state index is 13.2. The molecule has 0 saturated heterocycles. The molecule has 4 bridgehead atoms. The summed E-state index contributed by atoms with van der Waals surface area (Å²) in [6.45, 7) is 0.501. The average molecular weight is 335 g/mol. The van der Waals surface area contributed by atoms with E-state index >= 15 is 0 Å². The maximum Gasteiger partial charge on any atom is 0.226 e. The number of amides is 1. The molecule has 0 spiro atoms. The molecule has 4 saturated carbocycles. The van der Waals surface area contributed by atoms with Crippen molar-refractivity contribution < 1.29 is 9.21 Å². The fraction of sp³-hybridized carbons (Fsp3) is 0.500. The summed E-state index contributed by atoms with van der Waals surface area (Å²) in [4.78, 5) is 13.2. The van der Waals surface area contributed by atoms with Crippen LogP contribution >= 0.6 is 0 Å². The summed E-state index contributed by atoms with van der Waals surface area (Å²) in [5.74, 6) is 2.49. The number of nitrogens with one attached hydrogen (secondary N) is 1. The molecule has 2 aromatic rings. The lowest BCUT2D eigenvalue weighted by Crippen LogP contribution is -2.59. The van der Waals surface area contributed by atoms with Gasteiger partial charge in [0.2, 0.25) is 5.91 Å². The first-order chi connectivity index (χ1) is 12.2. The molecule has 1 aromatic carbocycles. The van der Waals surface area contributed by atoms with Crippen molar-refractivity contribution in [2.75, 3.05) is 0 Å². The van der Waals surface area contributed by atoms with Gasteiger partial charge in [0.25, 0.3) is 0 Å². The van der Waals surface area contributed by atoms with E-state index < -0.39 is 0 Å². The number of benzene rings is 1. The largest absolute Gasteiger partial charge is 0.467 e. The van der Waals surface area contributed by atoms with Gasteiger partial charge in [-0.15, -0.1) is 0 Å². The highest BCUT2D eigenvalue weighted by Gasteiger charge is 2.60. The van der Waals surface area contributed by atoms with E-state index in [0.717, 1.165) is 25.0 Å². The number of carbonyl (C=O) groups excluding carboxylic acids is 1. The Morgan fingerprint density at radius 3 is 2.48 bits per heavy atom. The molecule has 25 heavy (non-hydrogen) atoms. The Balaban J connectivity index is 1.43. The van der Waals surface area contributed by atoms with Crippen molar-refractivity contribution in [1.82, 2.24) is 5.32 Å². The first-order valence-corrected chi connectivity index (χ1v) is 9.54. The lowest BCUT2D eigenvalue weighted by Gasteiger charge is -2.61. The van der Waals surface area contributed by atoms with Crippen LogP contribution in [0.3, 0.4) is 0 Å². The zero-order valence-corrected chi connectivity index (χ0v) is 14.5. The SMILES string of the molecule is O=C(NCc1ccco1)C12C[C@@H]3C[C@@H](C1)CC(c1ccccc1)(C3)C2. The molecule has 6 rings (SSSR count). The van der Waals surface area contributed by atoms with Crippen molar-refractivity contribution in [3.05, 3.63) is 60.1 Å². The summed E-state index contributed by atoms with van der Waals surface area (Å²) in [5.41, 5.74) is 1.49. The molecule has 3 nitrogen and oxygen atoms in total. The number of rotatable bonds is 4. The predicted octanol–water partition coefficient (Wildman–Crippen LogP) is 4.43. The van der Waals surface area contributed by atoms with Crippen LogP contribution in [0.1, 0.15) is 49.8 Å². The van der Waals surface area contributed by atoms with Crippen molar-refractivity contribution in [2.45, 2.75) is 50.5 Å². The number of hydrogen-bond donors (Lipinski definition) is 1. The molecule has 2 atom stereocenters. The Morgan fingerprint density at radius 2 is 1.80 bits per heavy atom. The van der Waals surface area contributed by atoms with Crippen LogP contribution < -0.4 is 5.32 Å². The molecule has 3 heteroatoms. The summed E-state index contributed by atoms with van der Waals surface area (Å²) in [6.07, 6.45) is 8.67. The lowest BCUT2D eigenvalue weighted by molar-refractivity contribution is -0.149. The predicted molar refractivity (Wildman–Crippen MR) is 95.8 cm³/mol. The standard InChI is InChI=1S/C22H25NO2/c24-20(23-14-19-7-4-8-25-19)22-12-16-9-17(13-22)11-21(10-16,15-22)18-5-2-1-3-6-18/h1-8,16-17H,9-15H2,(H,23,24)/t16-,17-,21?,22?/m1/s1. The molecule has 1 heterocycles. The van der Waals surface area contributed by atoms with Gasteiger partial charge in [-0.2, -0.15) is 0 Å². The lowest BCUT2D eigenvalue weighted by atomic mass is 9.42. The van der Waals surface area contributed by atoms with Crippen LogP contribution in [0.4, 0.5) is 0 Å². The summed E-state index contributed by atoms with van der Waals surface area (Å²) < 4.78 is 5.38. The minimum absolute atomic E-state index is 0.174. The monoisotopic (exact) mass is 335 g/mol. The highest BCUT2D eigenvalue weighted by atomic mass is 16.3. The van der Waals surface area contributed by atoms with Gasteiger partial charge in [0.15, 0.2) is 0 Å². The van der Waals surface area contributed by atoms with E-state index in [1.54, 1.807) is 6.26 Å². The molecular formula is C22H25NO2. The number of hydrogen-bond acceptors (Lipinski definition) is 2. The molecule has 4 aliphatic carbocycles. The summed E-state index contributed by atoms with van der Waals surface area (Å²) in [6, 6.07) is 14.7. The van der Waals surface area contributed by atoms with Crippen LogP contribution in [-0.2, 0) is 16.8 Å². The van der Waals surface area contributed by atoms with E-state index in [1.807, 2.05) is 12.1 Å². The van der Waals surface area contributed by atoms with Gasteiger partial charge in [-0.05, 0) is 73.5 Å². The van der Waals surface area contributed by atoms with Crippen LogP contribution in [0.5, 0.6) is 0 Å². The molecule has 4 aliphatic rings.